The minimum absolute atomic E-state index is 0.0435. The number of nitrogens with zero attached hydrogens (tertiary/aromatic N) is 1. The van der Waals surface area contributed by atoms with Crippen molar-refractivity contribution in [2.45, 2.75) is 24.6 Å². The van der Waals surface area contributed by atoms with Gasteiger partial charge in [-0.15, -0.1) is 0 Å². The largest absolute Gasteiger partial charge is 0.432 e. The van der Waals surface area contributed by atoms with Crippen molar-refractivity contribution < 1.29 is 27.5 Å². The highest BCUT2D eigenvalue weighted by Gasteiger charge is 2.62. The smallest absolute Gasteiger partial charge is 0.428 e. The molecular weight excluding hydrogens is 387 g/mol. The quantitative estimate of drug-likeness (QED) is 0.794. The van der Waals surface area contributed by atoms with Crippen LogP contribution in [0.5, 0.6) is 0 Å². The van der Waals surface area contributed by atoms with Crippen LogP contribution in [0.3, 0.4) is 0 Å². The standard InChI is InChI=1S/C17H13ClF3N3O3/c18-10-3-4-13-12(8-10)16(17(19,20)21,27-15(26)24-13)6-5-14(25)23-11-2-1-7-22-9-11/h1-4,7-9H,5-6H2,(H,23,25)(H,24,26). The topological polar surface area (TPSA) is 80.3 Å². The van der Waals surface area contributed by atoms with Gasteiger partial charge in [0.2, 0.25) is 11.5 Å². The zero-order valence-electron chi connectivity index (χ0n) is 13.6. The molecule has 2 amide bonds. The van der Waals surface area contributed by atoms with Gasteiger partial charge in [0.05, 0.1) is 17.6 Å². The molecule has 0 aliphatic carbocycles. The van der Waals surface area contributed by atoms with Gasteiger partial charge in [-0.25, -0.2) is 4.79 Å². The number of aromatic nitrogens is 1. The van der Waals surface area contributed by atoms with Crippen LogP contribution >= 0.6 is 11.6 Å². The van der Waals surface area contributed by atoms with Gasteiger partial charge in [0.1, 0.15) is 0 Å². The molecule has 6 nitrogen and oxygen atoms in total. The molecule has 1 atom stereocenters. The lowest BCUT2D eigenvalue weighted by atomic mass is 9.85. The Labute approximate surface area is 156 Å². The third-order valence-corrected chi connectivity index (χ3v) is 4.26. The molecule has 0 radical (unpaired) electrons. The molecule has 1 unspecified atom stereocenters. The molecule has 0 saturated heterocycles. The van der Waals surface area contributed by atoms with Crippen molar-refractivity contribution in [3.8, 4) is 0 Å². The average molecular weight is 400 g/mol. The van der Waals surface area contributed by atoms with E-state index in [9.17, 15) is 22.8 Å². The number of carbonyl (C=O) groups is 2. The summed E-state index contributed by atoms with van der Waals surface area (Å²) in [4.78, 5) is 27.6. The summed E-state index contributed by atoms with van der Waals surface area (Å²) in [6.07, 6.45) is -4.72. The fraction of sp³-hybridized carbons (Fsp3) is 0.235. The van der Waals surface area contributed by atoms with Crippen molar-refractivity contribution in [3.05, 3.63) is 53.3 Å². The second-order valence-electron chi connectivity index (χ2n) is 5.82. The molecule has 0 saturated carbocycles. The van der Waals surface area contributed by atoms with Crippen molar-refractivity contribution in [1.29, 1.82) is 0 Å². The van der Waals surface area contributed by atoms with Crippen LogP contribution in [-0.2, 0) is 15.1 Å². The number of fused-ring (bicyclic) bond motifs is 1. The number of ether oxygens (including phenoxy) is 1. The molecular formula is C17H13ClF3N3O3. The van der Waals surface area contributed by atoms with E-state index in [2.05, 4.69) is 15.6 Å². The monoisotopic (exact) mass is 399 g/mol. The average Bonchev–Trinajstić information content (AvgIpc) is 2.60. The van der Waals surface area contributed by atoms with Crippen LogP contribution < -0.4 is 10.6 Å². The number of nitrogens with one attached hydrogen (secondary N) is 2. The number of cyclic esters (lactones) is 1. The van der Waals surface area contributed by atoms with Gasteiger partial charge in [-0.05, 0) is 30.3 Å². The maximum atomic E-state index is 14.0. The zero-order chi connectivity index (χ0) is 19.7. The normalized spacial score (nSPS) is 18.9. The Balaban J connectivity index is 1.90. The molecule has 3 rings (SSSR count). The summed E-state index contributed by atoms with van der Waals surface area (Å²) in [5, 5.41) is 4.70. The van der Waals surface area contributed by atoms with Gasteiger partial charge in [0, 0.05) is 29.6 Å². The number of amides is 2. The summed E-state index contributed by atoms with van der Waals surface area (Å²) >= 11 is 5.84. The number of pyridine rings is 1. The highest BCUT2D eigenvalue weighted by Crippen LogP contribution is 2.50. The van der Waals surface area contributed by atoms with Crippen molar-refractivity contribution in [3.63, 3.8) is 0 Å². The van der Waals surface area contributed by atoms with E-state index >= 15 is 0 Å². The second-order valence-corrected chi connectivity index (χ2v) is 6.26. The Kier molecular flexibility index (Phi) is 4.97. The summed E-state index contributed by atoms with van der Waals surface area (Å²) in [6, 6.07) is 6.79. The van der Waals surface area contributed by atoms with E-state index in [0.717, 1.165) is 6.07 Å². The molecule has 0 bridgehead atoms. The second kappa shape index (κ2) is 7.07. The van der Waals surface area contributed by atoms with Gasteiger partial charge in [0.15, 0.2) is 0 Å². The predicted octanol–water partition coefficient (Wildman–Crippen LogP) is 4.47. The first-order valence-electron chi connectivity index (χ1n) is 7.78. The predicted molar refractivity (Wildman–Crippen MR) is 91.4 cm³/mol. The van der Waals surface area contributed by atoms with Crippen LogP contribution in [0, 0.1) is 0 Å². The molecule has 2 N–H and O–H groups in total. The van der Waals surface area contributed by atoms with Gasteiger partial charge in [-0.3, -0.25) is 15.1 Å². The van der Waals surface area contributed by atoms with Crippen LogP contribution in [0.2, 0.25) is 5.02 Å². The molecule has 0 spiro atoms. The van der Waals surface area contributed by atoms with Crippen LogP contribution in [0.1, 0.15) is 18.4 Å². The number of benzene rings is 1. The van der Waals surface area contributed by atoms with Crippen molar-refractivity contribution in [2.75, 3.05) is 10.6 Å². The SMILES string of the molecule is O=C(CCC1(C(F)(F)F)OC(=O)Nc2ccc(Cl)cc21)Nc1cccnc1. The Morgan fingerprint density at radius 3 is 2.78 bits per heavy atom. The summed E-state index contributed by atoms with van der Waals surface area (Å²) in [5.41, 5.74) is -3.06. The Morgan fingerprint density at radius 2 is 2.11 bits per heavy atom. The van der Waals surface area contributed by atoms with Gasteiger partial charge in [-0.1, -0.05) is 11.6 Å². The fourth-order valence-corrected chi connectivity index (χ4v) is 2.97. The number of hydrogen-bond acceptors (Lipinski definition) is 4. The lowest BCUT2D eigenvalue weighted by molar-refractivity contribution is -0.267. The van der Waals surface area contributed by atoms with Crippen molar-refractivity contribution in [1.82, 2.24) is 4.98 Å². The Morgan fingerprint density at radius 1 is 1.33 bits per heavy atom. The minimum atomic E-state index is -4.96. The van der Waals surface area contributed by atoms with E-state index in [0.29, 0.717) is 5.69 Å². The van der Waals surface area contributed by atoms with Gasteiger partial charge in [-0.2, -0.15) is 13.2 Å². The molecule has 10 heteroatoms. The summed E-state index contributed by atoms with van der Waals surface area (Å²) in [6.45, 7) is 0. The highest BCUT2D eigenvalue weighted by molar-refractivity contribution is 6.30. The molecule has 1 aromatic heterocycles. The fourth-order valence-electron chi connectivity index (χ4n) is 2.80. The molecule has 2 heterocycles. The van der Waals surface area contributed by atoms with Crippen LogP contribution in [-0.4, -0.2) is 23.2 Å². The molecule has 27 heavy (non-hydrogen) atoms. The van der Waals surface area contributed by atoms with Gasteiger partial charge < -0.3 is 10.1 Å². The zero-order valence-corrected chi connectivity index (χ0v) is 14.4. The van der Waals surface area contributed by atoms with E-state index in [1.165, 1.54) is 24.5 Å². The molecule has 1 aliphatic heterocycles. The maximum Gasteiger partial charge on any atom is 0.432 e. The number of anilines is 2. The third-order valence-electron chi connectivity index (χ3n) is 4.03. The minimum Gasteiger partial charge on any atom is -0.428 e. The Hall–Kier alpha value is -2.81. The summed E-state index contributed by atoms with van der Waals surface area (Å²) in [5.74, 6) is -0.676. The summed E-state index contributed by atoms with van der Waals surface area (Å²) < 4.78 is 46.6. The third kappa shape index (κ3) is 3.82. The number of alkyl halides is 3. The molecule has 142 valence electrons. The van der Waals surface area contributed by atoms with E-state index in [1.807, 2.05) is 0 Å². The number of halogens is 4. The molecule has 1 aliphatic rings. The van der Waals surface area contributed by atoms with Crippen molar-refractivity contribution >= 4 is 35.0 Å². The highest BCUT2D eigenvalue weighted by atomic mass is 35.5. The van der Waals surface area contributed by atoms with E-state index < -0.39 is 36.6 Å². The first-order valence-corrected chi connectivity index (χ1v) is 8.16. The van der Waals surface area contributed by atoms with Crippen molar-refractivity contribution in [2.24, 2.45) is 0 Å². The Bertz CT molecular complexity index is 877. The first-order chi connectivity index (χ1) is 12.7. The van der Waals surface area contributed by atoms with Gasteiger partial charge >= 0.3 is 12.3 Å². The maximum absolute atomic E-state index is 14.0. The molecule has 2 aromatic rings. The van der Waals surface area contributed by atoms with E-state index in [4.69, 9.17) is 16.3 Å². The van der Waals surface area contributed by atoms with E-state index in [1.54, 1.807) is 12.1 Å². The lowest BCUT2D eigenvalue weighted by Crippen LogP contribution is -2.50. The lowest BCUT2D eigenvalue weighted by Gasteiger charge is -2.39. The van der Waals surface area contributed by atoms with E-state index in [-0.39, 0.29) is 16.3 Å². The van der Waals surface area contributed by atoms with Gasteiger partial charge in [0.25, 0.3) is 0 Å². The van der Waals surface area contributed by atoms with Crippen LogP contribution in [0.15, 0.2) is 42.7 Å². The number of carbonyl (C=O) groups excluding carboxylic acids is 2. The number of hydrogen-bond donors (Lipinski definition) is 2. The molecule has 0 fully saturated rings. The van der Waals surface area contributed by atoms with Crippen LogP contribution in [0.4, 0.5) is 29.3 Å². The van der Waals surface area contributed by atoms with Crippen LogP contribution in [0.25, 0.3) is 0 Å². The molecule has 1 aromatic carbocycles. The number of rotatable bonds is 4. The first kappa shape index (κ1) is 19.0. The summed E-state index contributed by atoms with van der Waals surface area (Å²) in [7, 11) is 0.